The van der Waals surface area contributed by atoms with E-state index in [1.807, 2.05) is 19.1 Å². The second kappa shape index (κ2) is 6.61. The van der Waals surface area contributed by atoms with E-state index in [0.29, 0.717) is 6.42 Å². The highest BCUT2D eigenvalue weighted by Crippen LogP contribution is 2.18. The molecule has 0 saturated carbocycles. The van der Waals surface area contributed by atoms with Crippen LogP contribution >= 0.6 is 15.9 Å². The molecule has 1 aromatic rings. The van der Waals surface area contributed by atoms with E-state index in [-0.39, 0.29) is 17.9 Å². The van der Waals surface area contributed by atoms with E-state index in [2.05, 4.69) is 45.5 Å². The molecule has 0 saturated heterocycles. The average molecular weight is 300 g/mol. The SMILES string of the molecule is CC(C/C(N)=N/O)N[C@@H](C)c1cccc(Br)c1. The zero-order valence-corrected chi connectivity index (χ0v) is 11.6. The molecule has 0 spiro atoms. The Labute approximate surface area is 110 Å². The van der Waals surface area contributed by atoms with E-state index in [4.69, 9.17) is 10.9 Å². The molecule has 1 unspecified atom stereocenters. The lowest BCUT2D eigenvalue weighted by Gasteiger charge is -2.20. The van der Waals surface area contributed by atoms with Crippen molar-refractivity contribution in [3.63, 3.8) is 0 Å². The van der Waals surface area contributed by atoms with Gasteiger partial charge in [0.2, 0.25) is 0 Å². The van der Waals surface area contributed by atoms with Crippen LogP contribution in [0.15, 0.2) is 33.9 Å². The molecule has 0 bridgehead atoms. The summed E-state index contributed by atoms with van der Waals surface area (Å²) in [6.45, 7) is 4.09. The summed E-state index contributed by atoms with van der Waals surface area (Å²) in [5.74, 6) is 0.242. The summed E-state index contributed by atoms with van der Waals surface area (Å²) < 4.78 is 1.06. The molecule has 1 aromatic carbocycles. The van der Waals surface area contributed by atoms with Gasteiger partial charge in [-0.2, -0.15) is 0 Å². The molecule has 0 fully saturated rings. The third-order valence-electron chi connectivity index (χ3n) is 2.53. The van der Waals surface area contributed by atoms with E-state index < -0.39 is 0 Å². The molecule has 0 aliphatic rings. The van der Waals surface area contributed by atoms with Crippen LogP contribution in [0.4, 0.5) is 0 Å². The number of amidine groups is 1. The van der Waals surface area contributed by atoms with Crippen LogP contribution in [-0.4, -0.2) is 17.1 Å². The first-order valence-electron chi connectivity index (χ1n) is 5.51. The molecule has 5 heteroatoms. The van der Waals surface area contributed by atoms with Crippen molar-refractivity contribution in [2.45, 2.75) is 32.4 Å². The fraction of sp³-hybridized carbons (Fsp3) is 0.417. The Hall–Kier alpha value is -1.07. The number of benzene rings is 1. The molecule has 0 heterocycles. The van der Waals surface area contributed by atoms with Crippen LogP contribution in [-0.2, 0) is 0 Å². The van der Waals surface area contributed by atoms with E-state index in [9.17, 15) is 0 Å². The molecular formula is C12H18BrN3O. The maximum Gasteiger partial charge on any atom is 0.140 e. The van der Waals surface area contributed by atoms with E-state index in [1.165, 1.54) is 5.56 Å². The third-order valence-corrected chi connectivity index (χ3v) is 3.02. The number of hydrogen-bond donors (Lipinski definition) is 3. The van der Waals surface area contributed by atoms with E-state index in [1.54, 1.807) is 0 Å². The van der Waals surface area contributed by atoms with Gasteiger partial charge < -0.3 is 16.3 Å². The Kier molecular flexibility index (Phi) is 5.44. The number of hydrogen-bond acceptors (Lipinski definition) is 3. The number of oxime groups is 1. The summed E-state index contributed by atoms with van der Waals surface area (Å²) in [5.41, 5.74) is 6.66. The molecular weight excluding hydrogens is 282 g/mol. The van der Waals surface area contributed by atoms with Gasteiger partial charge in [-0.15, -0.1) is 0 Å². The fourth-order valence-corrected chi connectivity index (χ4v) is 2.13. The third kappa shape index (κ3) is 4.75. The van der Waals surface area contributed by atoms with Gasteiger partial charge in [0.05, 0.1) is 0 Å². The Morgan fingerprint density at radius 3 is 2.82 bits per heavy atom. The first-order valence-corrected chi connectivity index (χ1v) is 6.30. The van der Waals surface area contributed by atoms with E-state index in [0.717, 1.165) is 4.47 Å². The van der Waals surface area contributed by atoms with Crippen molar-refractivity contribution in [1.29, 1.82) is 0 Å². The maximum absolute atomic E-state index is 8.50. The highest BCUT2D eigenvalue weighted by molar-refractivity contribution is 9.10. The lowest BCUT2D eigenvalue weighted by molar-refractivity contribution is 0.315. The number of nitrogens with zero attached hydrogens (tertiary/aromatic N) is 1. The molecule has 1 rings (SSSR count). The quantitative estimate of drug-likeness (QED) is 0.339. The lowest BCUT2D eigenvalue weighted by Crippen LogP contribution is -2.33. The van der Waals surface area contributed by atoms with Gasteiger partial charge >= 0.3 is 0 Å². The Morgan fingerprint density at radius 2 is 2.24 bits per heavy atom. The standard InChI is InChI=1S/C12H18BrN3O/c1-8(6-12(14)16-17)15-9(2)10-4-3-5-11(13)7-10/h3-5,7-9,15,17H,6H2,1-2H3,(H2,14,16)/t8?,9-/m0/s1. The predicted molar refractivity (Wildman–Crippen MR) is 73.2 cm³/mol. The summed E-state index contributed by atoms with van der Waals surface area (Å²) >= 11 is 3.45. The minimum Gasteiger partial charge on any atom is -0.409 e. The zero-order chi connectivity index (χ0) is 12.8. The molecule has 0 amide bonds. The normalized spacial score (nSPS) is 15.6. The Bertz CT molecular complexity index is 395. The van der Waals surface area contributed by atoms with Crippen LogP contribution in [0.25, 0.3) is 0 Å². The first-order chi connectivity index (χ1) is 8.02. The fourth-order valence-electron chi connectivity index (χ4n) is 1.71. The molecule has 2 atom stereocenters. The second-order valence-electron chi connectivity index (χ2n) is 4.14. The minimum absolute atomic E-state index is 0.153. The minimum atomic E-state index is 0.153. The van der Waals surface area contributed by atoms with E-state index >= 15 is 0 Å². The van der Waals surface area contributed by atoms with Crippen molar-refractivity contribution in [3.05, 3.63) is 34.3 Å². The van der Waals surface area contributed by atoms with Crippen molar-refractivity contribution in [1.82, 2.24) is 5.32 Å². The highest BCUT2D eigenvalue weighted by atomic mass is 79.9. The number of halogens is 1. The molecule has 0 aliphatic carbocycles. The monoisotopic (exact) mass is 299 g/mol. The topological polar surface area (TPSA) is 70.6 Å². The summed E-state index contributed by atoms with van der Waals surface area (Å²) in [7, 11) is 0. The number of nitrogens with one attached hydrogen (secondary N) is 1. The van der Waals surface area contributed by atoms with Crippen LogP contribution < -0.4 is 11.1 Å². The molecule has 0 aliphatic heterocycles. The van der Waals surface area contributed by atoms with Gasteiger partial charge in [-0.1, -0.05) is 33.2 Å². The van der Waals surface area contributed by atoms with Crippen molar-refractivity contribution in [3.8, 4) is 0 Å². The summed E-state index contributed by atoms with van der Waals surface area (Å²) in [4.78, 5) is 0. The van der Waals surface area contributed by atoms with Gasteiger partial charge in [0, 0.05) is 23.0 Å². The molecule has 0 radical (unpaired) electrons. The van der Waals surface area contributed by atoms with Crippen LogP contribution in [0.1, 0.15) is 31.9 Å². The predicted octanol–water partition coefficient (Wildman–Crippen LogP) is 2.62. The van der Waals surface area contributed by atoms with Crippen LogP contribution in [0.3, 0.4) is 0 Å². The Morgan fingerprint density at radius 1 is 1.53 bits per heavy atom. The Balaban J connectivity index is 2.57. The highest BCUT2D eigenvalue weighted by Gasteiger charge is 2.11. The maximum atomic E-state index is 8.50. The molecule has 0 aromatic heterocycles. The number of rotatable bonds is 5. The van der Waals surface area contributed by atoms with Crippen LogP contribution in [0, 0.1) is 0 Å². The van der Waals surface area contributed by atoms with Crippen molar-refractivity contribution < 1.29 is 5.21 Å². The lowest BCUT2D eigenvalue weighted by atomic mass is 10.1. The van der Waals surface area contributed by atoms with Crippen LogP contribution in [0.2, 0.25) is 0 Å². The van der Waals surface area contributed by atoms with Gasteiger partial charge in [0.1, 0.15) is 5.84 Å². The van der Waals surface area contributed by atoms with Gasteiger partial charge in [-0.05, 0) is 31.5 Å². The summed E-state index contributed by atoms with van der Waals surface area (Å²) in [5, 5.41) is 14.9. The smallest absolute Gasteiger partial charge is 0.140 e. The van der Waals surface area contributed by atoms with Crippen molar-refractivity contribution in [2.75, 3.05) is 0 Å². The van der Waals surface area contributed by atoms with Gasteiger partial charge in [0.15, 0.2) is 0 Å². The van der Waals surface area contributed by atoms with Gasteiger partial charge in [0.25, 0.3) is 0 Å². The molecule has 94 valence electrons. The summed E-state index contributed by atoms with van der Waals surface area (Å²) in [6.07, 6.45) is 0.523. The summed E-state index contributed by atoms with van der Waals surface area (Å²) in [6, 6.07) is 8.52. The zero-order valence-electron chi connectivity index (χ0n) is 10.0. The molecule has 4 nitrogen and oxygen atoms in total. The van der Waals surface area contributed by atoms with Gasteiger partial charge in [-0.3, -0.25) is 0 Å². The largest absolute Gasteiger partial charge is 0.409 e. The first kappa shape index (κ1) is 14.0. The molecule has 17 heavy (non-hydrogen) atoms. The van der Waals surface area contributed by atoms with Gasteiger partial charge in [-0.25, -0.2) is 0 Å². The van der Waals surface area contributed by atoms with Crippen LogP contribution in [0.5, 0.6) is 0 Å². The second-order valence-corrected chi connectivity index (χ2v) is 5.06. The average Bonchev–Trinajstić information content (AvgIpc) is 2.28. The van der Waals surface area contributed by atoms with Crippen molar-refractivity contribution in [2.24, 2.45) is 10.9 Å². The molecule has 4 N–H and O–H groups in total. The number of nitrogens with two attached hydrogens (primary N) is 1. The van der Waals surface area contributed by atoms with Crippen molar-refractivity contribution >= 4 is 21.8 Å².